The summed E-state index contributed by atoms with van der Waals surface area (Å²) in [6.45, 7) is 1.20. The van der Waals surface area contributed by atoms with E-state index in [1.807, 2.05) is 0 Å². The van der Waals surface area contributed by atoms with Gasteiger partial charge in [-0.3, -0.25) is 0 Å². The Kier molecular flexibility index (Phi) is 4.89. The van der Waals surface area contributed by atoms with Crippen LogP contribution in [0.1, 0.15) is 6.92 Å². The molecule has 0 amide bonds. The van der Waals surface area contributed by atoms with Gasteiger partial charge in [0.05, 0.1) is 0 Å². The maximum Gasteiger partial charge on any atom is 0.188 e. The minimum atomic E-state index is -0.451. The van der Waals surface area contributed by atoms with E-state index >= 15 is 0 Å². The van der Waals surface area contributed by atoms with Crippen LogP contribution in [0.5, 0.6) is 0 Å². The quantitative estimate of drug-likeness (QED) is 0.321. The lowest BCUT2D eigenvalue weighted by molar-refractivity contribution is -0.392. The third-order valence-corrected chi connectivity index (χ3v) is 0.588. The van der Waals surface area contributed by atoms with E-state index in [0.29, 0.717) is 0 Å². The minimum absolute atomic E-state index is 0.429. The van der Waals surface area contributed by atoms with E-state index in [-0.39, 0.29) is 0 Å². The number of hydrogen-bond acceptors (Lipinski definition) is 4. The normalized spacial score (nSPS) is 13.9. The summed E-state index contributed by atoms with van der Waals surface area (Å²) >= 11 is 0. The Labute approximate surface area is 47.9 Å². The molecule has 0 saturated heterocycles. The van der Waals surface area contributed by atoms with Crippen molar-refractivity contribution in [1.29, 1.82) is 0 Å². The van der Waals surface area contributed by atoms with Gasteiger partial charge in [0.2, 0.25) is 0 Å². The largest absolute Gasteiger partial charge is 0.368 e. The summed E-state index contributed by atoms with van der Waals surface area (Å²) in [6, 6.07) is 0. The molecular formula is C4H10O4. The van der Waals surface area contributed by atoms with Crippen LogP contribution in [-0.2, 0) is 14.5 Å². The molecule has 50 valence electrons. The molecule has 0 radical (unpaired) electrons. The van der Waals surface area contributed by atoms with E-state index in [1.165, 1.54) is 7.11 Å². The van der Waals surface area contributed by atoms with Gasteiger partial charge >= 0.3 is 0 Å². The minimum Gasteiger partial charge on any atom is -0.368 e. The van der Waals surface area contributed by atoms with Crippen molar-refractivity contribution in [2.45, 2.75) is 13.2 Å². The van der Waals surface area contributed by atoms with Crippen LogP contribution in [0.4, 0.5) is 0 Å². The van der Waals surface area contributed by atoms with E-state index in [1.54, 1.807) is 6.92 Å². The Balaban J connectivity index is 2.86. The van der Waals surface area contributed by atoms with E-state index in [9.17, 15) is 0 Å². The van der Waals surface area contributed by atoms with E-state index in [2.05, 4.69) is 14.5 Å². The average molecular weight is 122 g/mol. The van der Waals surface area contributed by atoms with Crippen LogP contribution >= 0.6 is 0 Å². The molecule has 0 spiro atoms. The molecular weight excluding hydrogens is 112 g/mol. The van der Waals surface area contributed by atoms with E-state index in [4.69, 9.17) is 5.11 Å². The van der Waals surface area contributed by atoms with Crippen molar-refractivity contribution in [2.75, 3.05) is 13.9 Å². The molecule has 8 heavy (non-hydrogen) atoms. The Hall–Kier alpha value is -0.160. The molecule has 0 rings (SSSR count). The lowest BCUT2D eigenvalue weighted by atomic mass is 10.8. The zero-order chi connectivity index (χ0) is 6.41. The molecule has 0 aliphatic heterocycles. The Morgan fingerprint density at radius 1 is 1.62 bits per heavy atom. The number of rotatable bonds is 4. The van der Waals surface area contributed by atoms with Crippen LogP contribution in [0.15, 0.2) is 0 Å². The summed E-state index contributed by atoms with van der Waals surface area (Å²) in [5.41, 5.74) is 0. The Bertz CT molecular complexity index is 47.3. The predicted molar refractivity (Wildman–Crippen MR) is 25.7 cm³/mol. The van der Waals surface area contributed by atoms with Crippen molar-refractivity contribution in [3.05, 3.63) is 0 Å². The summed E-state index contributed by atoms with van der Waals surface area (Å²) in [6.07, 6.45) is -0.429. The van der Waals surface area contributed by atoms with Gasteiger partial charge in [-0.1, -0.05) is 0 Å². The molecule has 0 aromatic carbocycles. The molecule has 0 aliphatic rings. The molecule has 1 N–H and O–H groups in total. The molecule has 0 aromatic heterocycles. The molecule has 1 unspecified atom stereocenters. The summed E-state index contributed by atoms with van der Waals surface area (Å²) in [5, 5.41) is 8.01. The molecule has 0 saturated carbocycles. The van der Waals surface area contributed by atoms with Crippen LogP contribution in [0.2, 0.25) is 0 Å². The highest BCUT2D eigenvalue weighted by molar-refractivity contribution is 4.15. The zero-order valence-corrected chi connectivity index (χ0v) is 4.96. The van der Waals surface area contributed by atoms with Gasteiger partial charge in [0.15, 0.2) is 13.1 Å². The smallest absolute Gasteiger partial charge is 0.188 e. The second kappa shape index (κ2) is 4.99. The first-order valence-corrected chi connectivity index (χ1v) is 2.23. The van der Waals surface area contributed by atoms with Crippen molar-refractivity contribution in [3.63, 3.8) is 0 Å². The van der Waals surface area contributed by atoms with Crippen LogP contribution in [0, 0.1) is 0 Å². The summed E-state index contributed by atoms with van der Waals surface area (Å²) in [5.74, 6) is 0. The van der Waals surface area contributed by atoms with Crippen LogP contribution in [0.3, 0.4) is 0 Å². The molecule has 4 heteroatoms. The van der Waals surface area contributed by atoms with Gasteiger partial charge in [-0.15, -0.1) is 0 Å². The first kappa shape index (κ1) is 7.84. The summed E-state index contributed by atoms with van der Waals surface area (Å²) in [7, 11) is 1.48. The molecule has 4 nitrogen and oxygen atoms in total. The van der Waals surface area contributed by atoms with Crippen molar-refractivity contribution >= 4 is 0 Å². The highest BCUT2D eigenvalue weighted by Crippen LogP contribution is 1.89. The second-order valence-corrected chi connectivity index (χ2v) is 1.15. The fraction of sp³-hybridized carbons (Fsp3) is 1.00. The van der Waals surface area contributed by atoms with Crippen molar-refractivity contribution in [1.82, 2.24) is 0 Å². The molecule has 0 aliphatic carbocycles. The van der Waals surface area contributed by atoms with Gasteiger partial charge < -0.3 is 9.84 Å². The predicted octanol–water partition coefficient (Wildman–Crippen LogP) is -0.123. The number of methoxy groups -OCH3 is 1. The third-order valence-electron chi connectivity index (χ3n) is 0.588. The molecule has 0 heterocycles. The first-order chi connectivity index (χ1) is 3.81. The Morgan fingerprint density at radius 3 is 2.62 bits per heavy atom. The number of aliphatic hydroxyl groups is 1. The average Bonchev–Trinajstić information content (AvgIpc) is 1.83. The maximum atomic E-state index is 8.01. The fourth-order valence-electron chi connectivity index (χ4n) is 0.166. The standard InChI is InChI=1S/C4H10O4/c1-4(6-2)8-7-3-5/h4-5H,3H2,1-2H3. The molecule has 1 atom stereocenters. The molecule has 0 bridgehead atoms. The second-order valence-electron chi connectivity index (χ2n) is 1.15. The van der Waals surface area contributed by atoms with Gasteiger partial charge in [-0.25, -0.2) is 9.78 Å². The highest BCUT2D eigenvalue weighted by atomic mass is 17.2. The van der Waals surface area contributed by atoms with Crippen LogP contribution in [-0.4, -0.2) is 25.3 Å². The third kappa shape index (κ3) is 4.01. The summed E-state index contributed by atoms with van der Waals surface area (Å²) in [4.78, 5) is 8.48. The van der Waals surface area contributed by atoms with Gasteiger partial charge in [-0.05, 0) is 6.92 Å². The molecule has 0 fully saturated rings. The van der Waals surface area contributed by atoms with Gasteiger partial charge in [-0.2, -0.15) is 0 Å². The first-order valence-electron chi connectivity index (χ1n) is 2.23. The van der Waals surface area contributed by atoms with E-state index < -0.39 is 13.1 Å². The monoisotopic (exact) mass is 122 g/mol. The van der Waals surface area contributed by atoms with Gasteiger partial charge in [0.1, 0.15) is 0 Å². The van der Waals surface area contributed by atoms with Gasteiger partial charge in [0, 0.05) is 7.11 Å². The Morgan fingerprint density at radius 2 is 2.25 bits per heavy atom. The van der Waals surface area contributed by atoms with Crippen molar-refractivity contribution < 1.29 is 19.6 Å². The SMILES string of the molecule is COC(C)OOCO. The number of hydrogen-bond donors (Lipinski definition) is 1. The van der Waals surface area contributed by atoms with Gasteiger partial charge in [0.25, 0.3) is 0 Å². The number of ether oxygens (including phenoxy) is 1. The van der Waals surface area contributed by atoms with Crippen molar-refractivity contribution in [3.8, 4) is 0 Å². The zero-order valence-electron chi connectivity index (χ0n) is 4.96. The summed E-state index contributed by atoms with van der Waals surface area (Å²) < 4.78 is 4.59. The van der Waals surface area contributed by atoms with E-state index in [0.717, 1.165) is 0 Å². The number of aliphatic hydroxyl groups excluding tert-OH is 1. The van der Waals surface area contributed by atoms with Crippen LogP contribution < -0.4 is 0 Å². The maximum absolute atomic E-state index is 8.01. The fourth-order valence-corrected chi connectivity index (χ4v) is 0.166. The molecule has 0 aromatic rings. The highest BCUT2D eigenvalue weighted by Gasteiger charge is 1.95. The lowest BCUT2D eigenvalue weighted by Crippen LogP contribution is -2.10. The topological polar surface area (TPSA) is 47.9 Å². The van der Waals surface area contributed by atoms with Crippen molar-refractivity contribution in [2.24, 2.45) is 0 Å². The lowest BCUT2D eigenvalue weighted by Gasteiger charge is -2.06. The van der Waals surface area contributed by atoms with Crippen LogP contribution in [0.25, 0.3) is 0 Å².